The number of piperazine rings is 1. The van der Waals surface area contributed by atoms with Gasteiger partial charge in [0.15, 0.2) is 0 Å². The van der Waals surface area contributed by atoms with Gasteiger partial charge in [0, 0.05) is 56.6 Å². The molecule has 1 amide bonds. The normalized spacial score (nSPS) is 15.0. The molecule has 0 atom stereocenters. The van der Waals surface area contributed by atoms with E-state index in [1.165, 1.54) is 5.56 Å². The van der Waals surface area contributed by atoms with Gasteiger partial charge >= 0.3 is 0 Å². The van der Waals surface area contributed by atoms with Crippen molar-refractivity contribution < 1.29 is 9.90 Å². The zero-order valence-electron chi connectivity index (χ0n) is 18.4. The molecule has 32 heavy (non-hydrogen) atoms. The molecule has 1 saturated heterocycles. The quantitative estimate of drug-likeness (QED) is 0.539. The number of hydrogen-bond donors (Lipinski definition) is 2. The van der Waals surface area contributed by atoms with E-state index in [0.717, 1.165) is 43.0 Å². The van der Waals surface area contributed by atoms with Gasteiger partial charge in [-0.25, -0.2) is 0 Å². The van der Waals surface area contributed by atoms with Crippen molar-refractivity contribution in [1.29, 1.82) is 0 Å². The predicted molar refractivity (Wildman–Crippen MR) is 125 cm³/mol. The van der Waals surface area contributed by atoms with Crippen LogP contribution in [0.25, 0.3) is 11.3 Å². The minimum absolute atomic E-state index is 0.0235. The summed E-state index contributed by atoms with van der Waals surface area (Å²) >= 11 is 0. The van der Waals surface area contributed by atoms with Crippen LogP contribution < -0.4 is 5.32 Å². The Morgan fingerprint density at radius 2 is 1.59 bits per heavy atom. The van der Waals surface area contributed by atoms with Crippen molar-refractivity contribution in [1.82, 2.24) is 24.9 Å². The Morgan fingerprint density at radius 1 is 0.938 bits per heavy atom. The number of carbonyl (C=O) groups excluding carboxylic acids is 1. The lowest BCUT2D eigenvalue weighted by Gasteiger charge is -2.33. The van der Waals surface area contributed by atoms with Crippen molar-refractivity contribution in [3.63, 3.8) is 0 Å². The molecule has 1 aromatic heterocycles. The summed E-state index contributed by atoms with van der Waals surface area (Å²) in [7, 11) is 0. The van der Waals surface area contributed by atoms with Crippen LogP contribution in [-0.2, 0) is 17.9 Å². The van der Waals surface area contributed by atoms with Gasteiger partial charge in [0.05, 0.1) is 25.4 Å². The molecular formula is C25H31N5O2. The summed E-state index contributed by atoms with van der Waals surface area (Å²) < 4.78 is 1.94. The lowest BCUT2D eigenvalue weighted by Crippen LogP contribution is -2.49. The molecule has 2 heterocycles. The average Bonchev–Trinajstić information content (AvgIpc) is 3.23. The van der Waals surface area contributed by atoms with Gasteiger partial charge in [-0.2, -0.15) is 5.10 Å². The summed E-state index contributed by atoms with van der Waals surface area (Å²) in [5.74, 6) is 0.0235. The molecule has 0 saturated carbocycles. The molecule has 2 aromatic carbocycles. The van der Waals surface area contributed by atoms with Crippen molar-refractivity contribution in [3.8, 4) is 11.3 Å². The Bertz CT molecular complexity index is 982. The number of nitrogens with one attached hydrogen (secondary N) is 1. The van der Waals surface area contributed by atoms with Crippen LogP contribution in [0.4, 0.5) is 0 Å². The molecule has 1 fully saturated rings. The maximum atomic E-state index is 12.6. The van der Waals surface area contributed by atoms with Crippen molar-refractivity contribution in [3.05, 3.63) is 78.0 Å². The highest BCUT2D eigenvalue weighted by atomic mass is 16.3. The van der Waals surface area contributed by atoms with E-state index >= 15 is 0 Å². The van der Waals surface area contributed by atoms with E-state index < -0.39 is 0 Å². The lowest BCUT2D eigenvalue weighted by atomic mass is 10.1. The Labute approximate surface area is 189 Å². The van der Waals surface area contributed by atoms with Crippen molar-refractivity contribution >= 4 is 5.91 Å². The third-order valence-corrected chi connectivity index (χ3v) is 5.80. The molecule has 3 aromatic rings. The van der Waals surface area contributed by atoms with E-state index in [9.17, 15) is 4.79 Å². The third-order valence-electron chi connectivity index (χ3n) is 5.80. The van der Waals surface area contributed by atoms with E-state index in [-0.39, 0.29) is 12.5 Å². The fraction of sp³-hybridized carbons (Fsp3) is 0.360. The number of rotatable bonds is 9. The Morgan fingerprint density at radius 3 is 2.28 bits per heavy atom. The number of aliphatic hydroxyl groups is 1. The number of carbonyl (C=O) groups is 1. The number of nitrogens with zero attached hydrogens (tertiary/aromatic N) is 4. The van der Waals surface area contributed by atoms with Crippen LogP contribution in [0, 0.1) is 0 Å². The van der Waals surface area contributed by atoms with Gasteiger partial charge in [0.2, 0.25) is 5.91 Å². The molecule has 0 radical (unpaired) electrons. The zero-order valence-corrected chi connectivity index (χ0v) is 18.4. The molecule has 2 N–H and O–H groups in total. The Kier molecular flexibility index (Phi) is 7.66. The number of hydrogen-bond acceptors (Lipinski definition) is 5. The van der Waals surface area contributed by atoms with Crippen molar-refractivity contribution in [2.45, 2.75) is 13.1 Å². The number of β-amino-alcohol motifs (C(OH)–C–C–N with tert-alkyl or cyclic N) is 1. The summed E-state index contributed by atoms with van der Waals surface area (Å²) in [6.45, 7) is 5.88. The van der Waals surface area contributed by atoms with Gasteiger partial charge in [-0.05, 0) is 5.56 Å². The Balaban J connectivity index is 1.39. The monoisotopic (exact) mass is 433 g/mol. The number of benzene rings is 2. The molecule has 0 unspecified atom stereocenters. The van der Waals surface area contributed by atoms with Crippen molar-refractivity contribution in [2.24, 2.45) is 0 Å². The average molecular weight is 434 g/mol. The van der Waals surface area contributed by atoms with E-state index in [0.29, 0.717) is 26.2 Å². The van der Waals surface area contributed by atoms with E-state index in [1.54, 1.807) is 0 Å². The van der Waals surface area contributed by atoms with Crippen LogP contribution in [-0.4, -0.2) is 76.5 Å². The second-order valence-electron chi connectivity index (χ2n) is 8.17. The smallest absolute Gasteiger partial charge is 0.234 e. The number of amides is 1. The lowest BCUT2D eigenvalue weighted by molar-refractivity contribution is -0.122. The molecule has 7 nitrogen and oxygen atoms in total. The summed E-state index contributed by atoms with van der Waals surface area (Å²) in [5, 5.41) is 17.0. The van der Waals surface area contributed by atoms with Crippen LogP contribution in [0.2, 0.25) is 0 Å². The van der Waals surface area contributed by atoms with Gasteiger partial charge in [0.25, 0.3) is 0 Å². The predicted octanol–water partition coefficient (Wildman–Crippen LogP) is 1.82. The molecule has 168 valence electrons. The van der Waals surface area contributed by atoms with Gasteiger partial charge in [-0.1, -0.05) is 60.7 Å². The van der Waals surface area contributed by atoms with Gasteiger partial charge in [0.1, 0.15) is 0 Å². The van der Waals surface area contributed by atoms with E-state index in [1.807, 2.05) is 59.4 Å². The van der Waals surface area contributed by atoms with Crippen LogP contribution in [0.3, 0.4) is 0 Å². The molecule has 4 rings (SSSR count). The summed E-state index contributed by atoms with van der Waals surface area (Å²) in [6.07, 6.45) is 2.03. The second kappa shape index (κ2) is 11.0. The molecule has 1 aliphatic heterocycles. The molecule has 0 bridgehead atoms. The first-order chi connectivity index (χ1) is 15.7. The minimum Gasteiger partial charge on any atom is -0.395 e. The van der Waals surface area contributed by atoms with Crippen LogP contribution in [0.15, 0.2) is 66.9 Å². The maximum Gasteiger partial charge on any atom is 0.234 e. The molecule has 0 spiro atoms. The van der Waals surface area contributed by atoms with Gasteiger partial charge in [-0.3, -0.25) is 19.3 Å². The van der Waals surface area contributed by atoms with E-state index in [4.69, 9.17) is 10.2 Å². The van der Waals surface area contributed by atoms with Crippen molar-refractivity contribution in [2.75, 3.05) is 45.9 Å². The molecule has 1 aliphatic rings. The summed E-state index contributed by atoms with van der Waals surface area (Å²) in [5.41, 5.74) is 4.14. The van der Waals surface area contributed by atoms with E-state index in [2.05, 4.69) is 27.2 Å². The molecular weight excluding hydrogens is 402 g/mol. The highest BCUT2D eigenvalue weighted by Gasteiger charge is 2.19. The highest BCUT2D eigenvalue weighted by molar-refractivity contribution is 5.78. The first-order valence-corrected chi connectivity index (χ1v) is 11.2. The van der Waals surface area contributed by atoms with Crippen LogP contribution >= 0.6 is 0 Å². The number of aliphatic hydroxyl groups excluding tert-OH is 1. The van der Waals surface area contributed by atoms with Crippen LogP contribution in [0.5, 0.6) is 0 Å². The zero-order chi connectivity index (χ0) is 22.2. The molecule has 0 aliphatic carbocycles. The van der Waals surface area contributed by atoms with Gasteiger partial charge in [-0.15, -0.1) is 0 Å². The third kappa shape index (κ3) is 6.03. The second-order valence-corrected chi connectivity index (χ2v) is 8.17. The Hall–Kier alpha value is -3.00. The fourth-order valence-corrected chi connectivity index (χ4v) is 4.05. The van der Waals surface area contributed by atoms with Gasteiger partial charge < -0.3 is 10.4 Å². The maximum absolute atomic E-state index is 12.6. The SMILES string of the molecule is O=C(CN1CCN(CCO)CC1)NCc1cn(Cc2ccccc2)nc1-c1ccccc1. The molecule has 7 heteroatoms. The van der Waals surface area contributed by atoms with Crippen LogP contribution in [0.1, 0.15) is 11.1 Å². The standard InChI is InChI=1S/C25H31N5O2/c31-16-15-28-11-13-29(14-12-28)20-24(32)26-17-23-19-30(18-21-7-3-1-4-8-21)27-25(23)22-9-5-2-6-10-22/h1-10,19,31H,11-18,20H2,(H,26,32). The highest BCUT2D eigenvalue weighted by Crippen LogP contribution is 2.22. The number of aromatic nitrogens is 2. The minimum atomic E-state index is 0.0235. The summed E-state index contributed by atoms with van der Waals surface area (Å²) in [4.78, 5) is 17.0. The summed E-state index contributed by atoms with van der Waals surface area (Å²) in [6, 6.07) is 20.3. The first-order valence-electron chi connectivity index (χ1n) is 11.2. The topological polar surface area (TPSA) is 73.6 Å². The fourth-order valence-electron chi connectivity index (χ4n) is 4.05. The first kappa shape index (κ1) is 22.2. The largest absolute Gasteiger partial charge is 0.395 e.